The zero-order chi connectivity index (χ0) is 15.4. The van der Waals surface area contributed by atoms with Gasteiger partial charge in [0.2, 0.25) is 5.91 Å². The molecule has 0 aromatic carbocycles. The highest BCUT2D eigenvalue weighted by molar-refractivity contribution is 5.81. The van der Waals surface area contributed by atoms with Gasteiger partial charge in [-0.2, -0.15) is 0 Å². The second-order valence-electron chi connectivity index (χ2n) is 6.29. The lowest BCUT2D eigenvalue weighted by molar-refractivity contribution is -0.134. The lowest BCUT2D eigenvalue weighted by Crippen LogP contribution is -2.46. The van der Waals surface area contributed by atoms with Crippen LogP contribution >= 0.6 is 0 Å². The first-order valence-electron chi connectivity index (χ1n) is 8.57. The number of nitrogens with one attached hydrogen (secondary N) is 1. The van der Waals surface area contributed by atoms with Gasteiger partial charge in [0.15, 0.2) is 0 Å². The maximum Gasteiger partial charge on any atom is 0.240 e. The number of nitrogens with two attached hydrogens (primary N) is 1. The van der Waals surface area contributed by atoms with Gasteiger partial charge in [-0.3, -0.25) is 10.2 Å². The normalized spacial score (nSPS) is 15.7. The molecular formula is C17H36N2O. The van der Waals surface area contributed by atoms with Crippen LogP contribution in [-0.2, 0) is 4.79 Å². The Morgan fingerprint density at radius 2 is 1.55 bits per heavy atom. The maximum absolute atomic E-state index is 12.2. The van der Waals surface area contributed by atoms with Crippen molar-refractivity contribution in [1.82, 2.24) is 5.43 Å². The number of hydrogen-bond donors (Lipinski definition) is 2. The fourth-order valence-electron chi connectivity index (χ4n) is 3.03. The summed E-state index contributed by atoms with van der Waals surface area (Å²) in [7, 11) is 0. The van der Waals surface area contributed by atoms with Gasteiger partial charge in [0.25, 0.3) is 0 Å². The largest absolute Gasteiger partial charge is 0.294 e. The Labute approximate surface area is 126 Å². The molecule has 3 nitrogen and oxygen atoms in total. The molecule has 3 N–H and O–H groups in total. The van der Waals surface area contributed by atoms with E-state index in [0.29, 0.717) is 5.92 Å². The van der Waals surface area contributed by atoms with E-state index in [-0.39, 0.29) is 11.3 Å². The van der Waals surface area contributed by atoms with Crippen LogP contribution in [0.5, 0.6) is 0 Å². The maximum atomic E-state index is 12.2. The summed E-state index contributed by atoms with van der Waals surface area (Å²) in [6.45, 7) is 8.64. The Morgan fingerprint density at radius 3 is 2.05 bits per heavy atom. The van der Waals surface area contributed by atoms with Crippen molar-refractivity contribution in [3.63, 3.8) is 0 Å². The molecule has 0 spiro atoms. The molecule has 0 saturated carbocycles. The van der Waals surface area contributed by atoms with E-state index >= 15 is 0 Å². The number of hydrogen-bond acceptors (Lipinski definition) is 2. The van der Waals surface area contributed by atoms with Crippen LogP contribution < -0.4 is 11.3 Å². The molecule has 0 heterocycles. The Hall–Kier alpha value is -0.570. The predicted molar refractivity (Wildman–Crippen MR) is 87.1 cm³/mol. The van der Waals surface area contributed by atoms with Gasteiger partial charge in [-0.15, -0.1) is 0 Å². The minimum absolute atomic E-state index is 0.00895. The van der Waals surface area contributed by atoms with Crippen molar-refractivity contribution in [3.8, 4) is 0 Å². The zero-order valence-electron chi connectivity index (χ0n) is 14.1. The highest BCUT2D eigenvalue weighted by Gasteiger charge is 2.38. The molecule has 0 bridgehead atoms. The smallest absolute Gasteiger partial charge is 0.240 e. The molecule has 0 aromatic rings. The number of carbonyl (C=O) groups excluding carboxylic acids is 1. The number of rotatable bonds is 12. The van der Waals surface area contributed by atoms with E-state index < -0.39 is 0 Å². The van der Waals surface area contributed by atoms with Crippen LogP contribution in [0.3, 0.4) is 0 Å². The number of unbranched alkanes of at least 4 members (excludes halogenated alkanes) is 5. The third kappa shape index (κ3) is 6.25. The lowest BCUT2D eigenvalue weighted by atomic mass is 9.70. The highest BCUT2D eigenvalue weighted by Crippen LogP contribution is 2.38. The molecule has 0 fully saturated rings. The third-order valence-corrected chi connectivity index (χ3v) is 4.85. The van der Waals surface area contributed by atoms with Gasteiger partial charge in [-0.05, 0) is 25.2 Å². The highest BCUT2D eigenvalue weighted by atomic mass is 16.2. The van der Waals surface area contributed by atoms with Gasteiger partial charge in [0.05, 0.1) is 5.41 Å². The standard InChI is InChI=1S/C17H36N2O/c1-5-8-10-11-12-14-15(13-9-6-2)17(4,7-3)16(20)19-18/h15H,5-14,18H2,1-4H3,(H,19,20). The van der Waals surface area contributed by atoms with Crippen LogP contribution in [0.4, 0.5) is 0 Å². The summed E-state index contributed by atoms with van der Waals surface area (Å²) in [6.07, 6.45) is 12.0. The quantitative estimate of drug-likeness (QED) is 0.239. The van der Waals surface area contributed by atoms with Crippen molar-refractivity contribution in [2.24, 2.45) is 17.2 Å². The monoisotopic (exact) mass is 284 g/mol. The predicted octanol–water partition coefficient (Wildman–Crippen LogP) is 4.56. The van der Waals surface area contributed by atoms with Crippen LogP contribution in [0.1, 0.15) is 91.9 Å². The zero-order valence-corrected chi connectivity index (χ0v) is 14.1. The summed E-state index contributed by atoms with van der Waals surface area (Å²) >= 11 is 0. The second-order valence-corrected chi connectivity index (χ2v) is 6.29. The van der Waals surface area contributed by atoms with Gasteiger partial charge in [0.1, 0.15) is 0 Å². The van der Waals surface area contributed by atoms with Crippen molar-refractivity contribution < 1.29 is 4.79 Å². The first-order valence-corrected chi connectivity index (χ1v) is 8.57. The first-order chi connectivity index (χ1) is 9.56. The van der Waals surface area contributed by atoms with E-state index in [1.54, 1.807) is 0 Å². The van der Waals surface area contributed by atoms with E-state index in [4.69, 9.17) is 5.84 Å². The van der Waals surface area contributed by atoms with E-state index in [0.717, 1.165) is 19.3 Å². The summed E-state index contributed by atoms with van der Waals surface area (Å²) in [5.41, 5.74) is 2.07. The number of hydrazine groups is 1. The molecule has 1 amide bonds. The van der Waals surface area contributed by atoms with Crippen LogP contribution in [-0.4, -0.2) is 5.91 Å². The molecule has 20 heavy (non-hydrogen) atoms. The van der Waals surface area contributed by atoms with Crippen molar-refractivity contribution in [2.75, 3.05) is 0 Å². The molecule has 0 aliphatic rings. The Morgan fingerprint density at radius 1 is 1.00 bits per heavy atom. The molecule has 120 valence electrons. The Kier molecular flexibility index (Phi) is 10.8. The second kappa shape index (κ2) is 11.1. The fourth-order valence-corrected chi connectivity index (χ4v) is 3.03. The SMILES string of the molecule is CCCCCCCC(CCCC)C(C)(CC)C(=O)NN. The molecule has 0 aliphatic carbocycles. The van der Waals surface area contributed by atoms with Crippen molar-refractivity contribution in [1.29, 1.82) is 0 Å². The summed E-state index contributed by atoms with van der Waals surface area (Å²) in [4.78, 5) is 12.2. The Bertz CT molecular complexity index is 255. The summed E-state index contributed by atoms with van der Waals surface area (Å²) in [5, 5.41) is 0. The molecule has 0 saturated heterocycles. The van der Waals surface area contributed by atoms with E-state index in [9.17, 15) is 4.79 Å². The van der Waals surface area contributed by atoms with Crippen LogP contribution in [0.15, 0.2) is 0 Å². The summed E-state index contributed by atoms with van der Waals surface area (Å²) in [5.74, 6) is 5.86. The van der Waals surface area contributed by atoms with Gasteiger partial charge in [-0.25, -0.2) is 5.84 Å². The van der Waals surface area contributed by atoms with E-state index in [1.807, 2.05) is 0 Å². The molecule has 3 heteroatoms. The topological polar surface area (TPSA) is 55.1 Å². The molecule has 0 aliphatic heterocycles. The lowest BCUT2D eigenvalue weighted by Gasteiger charge is -2.35. The van der Waals surface area contributed by atoms with Crippen LogP contribution in [0.25, 0.3) is 0 Å². The molecule has 2 unspecified atom stereocenters. The van der Waals surface area contributed by atoms with Gasteiger partial charge in [0, 0.05) is 0 Å². The molecular weight excluding hydrogens is 248 g/mol. The number of amides is 1. The van der Waals surface area contributed by atoms with Crippen molar-refractivity contribution in [3.05, 3.63) is 0 Å². The first kappa shape index (κ1) is 19.4. The van der Waals surface area contributed by atoms with E-state index in [1.165, 1.54) is 44.9 Å². The van der Waals surface area contributed by atoms with Crippen molar-refractivity contribution >= 4 is 5.91 Å². The van der Waals surface area contributed by atoms with Gasteiger partial charge >= 0.3 is 0 Å². The molecule has 0 aromatic heterocycles. The summed E-state index contributed by atoms with van der Waals surface area (Å²) in [6, 6.07) is 0. The average molecular weight is 284 g/mol. The molecule has 0 rings (SSSR count). The minimum Gasteiger partial charge on any atom is -0.294 e. The van der Waals surface area contributed by atoms with Crippen molar-refractivity contribution in [2.45, 2.75) is 91.9 Å². The summed E-state index contributed by atoms with van der Waals surface area (Å²) < 4.78 is 0. The molecule has 0 radical (unpaired) electrons. The number of carbonyl (C=O) groups is 1. The fraction of sp³-hybridized carbons (Fsp3) is 0.941. The van der Waals surface area contributed by atoms with E-state index in [2.05, 4.69) is 33.1 Å². The van der Waals surface area contributed by atoms with Gasteiger partial charge < -0.3 is 0 Å². The minimum atomic E-state index is -0.311. The third-order valence-electron chi connectivity index (χ3n) is 4.85. The molecule has 2 atom stereocenters. The average Bonchev–Trinajstić information content (AvgIpc) is 2.48. The van der Waals surface area contributed by atoms with Crippen LogP contribution in [0, 0.1) is 11.3 Å². The van der Waals surface area contributed by atoms with Crippen LogP contribution in [0.2, 0.25) is 0 Å². The van der Waals surface area contributed by atoms with Gasteiger partial charge in [-0.1, -0.05) is 72.6 Å². The Balaban J connectivity index is 4.54.